The van der Waals surface area contributed by atoms with Gasteiger partial charge in [0.2, 0.25) is 6.29 Å². The van der Waals surface area contributed by atoms with Crippen LogP contribution in [0.25, 0.3) is 0 Å². The first-order chi connectivity index (χ1) is 14.1. The van der Waals surface area contributed by atoms with Crippen molar-refractivity contribution in [3.05, 3.63) is 70.7 Å². The molecule has 30 heavy (non-hydrogen) atoms. The number of carboxylic acids is 1. The van der Waals surface area contributed by atoms with Crippen LogP contribution in [0, 0.1) is 0 Å². The topological polar surface area (TPSA) is 102 Å². The summed E-state index contributed by atoms with van der Waals surface area (Å²) < 4.78 is 9.00. The van der Waals surface area contributed by atoms with Crippen LogP contribution in [-0.4, -0.2) is 29.3 Å². The van der Waals surface area contributed by atoms with Gasteiger partial charge < -0.3 is 19.9 Å². The third kappa shape index (κ3) is 8.98. The van der Waals surface area contributed by atoms with Crippen molar-refractivity contribution < 1.29 is 29.0 Å². The number of carbonyl (C=O) groups excluding carboxylic acids is 2. The highest BCUT2D eigenvalue weighted by Gasteiger charge is 2.10. The Morgan fingerprint density at radius 3 is 2.23 bits per heavy atom. The minimum absolute atomic E-state index is 0.0642. The Bertz CT molecular complexity index is 896. The molecule has 2 rings (SSSR count). The van der Waals surface area contributed by atoms with Crippen LogP contribution in [0.3, 0.4) is 0 Å². The van der Waals surface area contributed by atoms with E-state index in [2.05, 4.69) is 21.4 Å². The standard InChI is InChI=1S/C14H11Cl2NO2.C7H10O4/c15-10-5-3-6-11(16)14(10)17-12-7-2-1-4-9(12)8-13(18)19;1-4-7(9)11-6(3)10-5(2)8/h1-7,17H,8H2,(H,18,19);4,6H,1H2,2-3H3. The molecule has 0 aromatic heterocycles. The fourth-order valence-electron chi connectivity index (χ4n) is 2.18. The highest BCUT2D eigenvalue weighted by atomic mass is 35.5. The fraction of sp³-hybridized carbons (Fsp3) is 0.190. The minimum atomic E-state index is -0.889. The fourth-order valence-corrected chi connectivity index (χ4v) is 2.67. The number of anilines is 2. The molecule has 7 nitrogen and oxygen atoms in total. The molecule has 0 amide bonds. The van der Waals surface area contributed by atoms with Crippen molar-refractivity contribution in [1.29, 1.82) is 0 Å². The monoisotopic (exact) mass is 453 g/mol. The van der Waals surface area contributed by atoms with E-state index in [1.54, 1.807) is 36.4 Å². The number of rotatable bonds is 7. The third-order valence-electron chi connectivity index (χ3n) is 3.36. The molecule has 2 aromatic carbocycles. The van der Waals surface area contributed by atoms with E-state index in [0.717, 1.165) is 6.08 Å². The highest BCUT2D eigenvalue weighted by Crippen LogP contribution is 2.33. The van der Waals surface area contributed by atoms with Crippen LogP contribution in [-0.2, 0) is 30.3 Å². The maximum atomic E-state index is 10.8. The Kier molecular flexibility index (Phi) is 10.4. The van der Waals surface area contributed by atoms with E-state index in [1.165, 1.54) is 13.8 Å². The number of nitrogens with one attached hydrogen (secondary N) is 1. The third-order valence-corrected chi connectivity index (χ3v) is 3.99. The van der Waals surface area contributed by atoms with Crippen molar-refractivity contribution in [2.24, 2.45) is 0 Å². The Balaban J connectivity index is 0.000000352. The number of aliphatic carboxylic acids is 1. The van der Waals surface area contributed by atoms with Crippen molar-refractivity contribution in [2.45, 2.75) is 26.6 Å². The normalized spacial score (nSPS) is 10.7. The second kappa shape index (κ2) is 12.5. The number of carbonyl (C=O) groups is 3. The van der Waals surface area contributed by atoms with Crippen LogP contribution in [0.1, 0.15) is 19.4 Å². The Labute approximate surface area is 184 Å². The highest BCUT2D eigenvalue weighted by molar-refractivity contribution is 6.39. The Morgan fingerprint density at radius 1 is 1.10 bits per heavy atom. The largest absolute Gasteiger partial charge is 0.481 e. The van der Waals surface area contributed by atoms with Crippen LogP contribution in [0.4, 0.5) is 11.4 Å². The average Bonchev–Trinajstić information content (AvgIpc) is 2.65. The molecule has 0 fully saturated rings. The van der Waals surface area contributed by atoms with Crippen LogP contribution in [0.15, 0.2) is 55.1 Å². The van der Waals surface area contributed by atoms with E-state index < -0.39 is 24.2 Å². The number of benzene rings is 2. The Morgan fingerprint density at radius 2 is 1.70 bits per heavy atom. The predicted octanol–water partition coefficient (Wildman–Crippen LogP) is 4.99. The molecule has 2 aromatic rings. The molecule has 1 atom stereocenters. The quantitative estimate of drug-likeness (QED) is 0.345. The van der Waals surface area contributed by atoms with Gasteiger partial charge in [-0.2, -0.15) is 0 Å². The van der Waals surface area contributed by atoms with Crippen LogP contribution >= 0.6 is 23.2 Å². The van der Waals surface area contributed by atoms with Crippen molar-refractivity contribution in [1.82, 2.24) is 0 Å². The molecule has 0 radical (unpaired) electrons. The number of carboxylic acid groups (broad SMARTS) is 1. The molecule has 0 saturated carbocycles. The minimum Gasteiger partial charge on any atom is -0.481 e. The molecule has 0 saturated heterocycles. The van der Waals surface area contributed by atoms with Crippen molar-refractivity contribution >= 4 is 52.5 Å². The number of ether oxygens (including phenoxy) is 2. The van der Waals surface area contributed by atoms with Gasteiger partial charge in [-0.1, -0.05) is 54.0 Å². The molecule has 0 aliphatic rings. The van der Waals surface area contributed by atoms with Crippen LogP contribution < -0.4 is 5.32 Å². The van der Waals surface area contributed by atoms with E-state index >= 15 is 0 Å². The molecule has 160 valence electrons. The molecule has 9 heteroatoms. The Hall–Kier alpha value is -3.03. The molecule has 0 aliphatic carbocycles. The molecule has 0 bridgehead atoms. The molecule has 1 unspecified atom stereocenters. The van der Waals surface area contributed by atoms with E-state index in [-0.39, 0.29) is 6.42 Å². The predicted molar refractivity (Wildman–Crippen MR) is 115 cm³/mol. The molecule has 0 heterocycles. The van der Waals surface area contributed by atoms with Gasteiger partial charge >= 0.3 is 17.9 Å². The summed E-state index contributed by atoms with van der Waals surface area (Å²) in [6.45, 7) is 5.86. The van der Waals surface area contributed by atoms with Gasteiger partial charge in [-0.3, -0.25) is 9.59 Å². The summed E-state index contributed by atoms with van der Waals surface area (Å²) in [6.07, 6.45) is 0.0867. The van der Waals surface area contributed by atoms with E-state index in [0.29, 0.717) is 27.0 Å². The lowest BCUT2D eigenvalue weighted by Gasteiger charge is -2.13. The summed E-state index contributed by atoms with van der Waals surface area (Å²) in [7, 11) is 0. The maximum absolute atomic E-state index is 10.8. The first-order valence-corrected chi connectivity index (χ1v) is 9.40. The summed E-state index contributed by atoms with van der Waals surface area (Å²) in [5, 5.41) is 12.9. The zero-order valence-electron chi connectivity index (χ0n) is 16.4. The van der Waals surface area contributed by atoms with E-state index in [4.69, 9.17) is 28.3 Å². The lowest BCUT2D eigenvalue weighted by Crippen LogP contribution is -2.18. The van der Waals surface area contributed by atoms with Gasteiger partial charge in [0.05, 0.1) is 22.2 Å². The summed E-state index contributed by atoms with van der Waals surface area (Å²) in [6, 6.07) is 12.3. The second-order valence-corrected chi connectivity index (χ2v) is 6.58. The SMILES string of the molecule is C=CC(=O)OC(C)OC(C)=O.O=C(O)Cc1ccccc1Nc1c(Cl)cccc1Cl. The van der Waals surface area contributed by atoms with Gasteiger partial charge in [0.1, 0.15) is 0 Å². The molecular weight excluding hydrogens is 433 g/mol. The average molecular weight is 454 g/mol. The zero-order valence-corrected chi connectivity index (χ0v) is 17.9. The smallest absolute Gasteiger partial charge is 0.333 e. The van der Waals surface area contributed by atoms with Crippen LogP contribution in [0.5, 0.6) is 0 Å². The van der Waals surface area contributed by atoms with Crippen molar-refractivity contribution in [3.8, 4) is 0 Å². The second-order valence-electron chi connectivity index (χ2n) is 5.77. The van der Waals surface area contributed by atoms with Crippen LogP contribution in [0.2, 0.25) is 10.0 Å². The summed E-state index contributed by atoms with van der Waals surface area (Å²) in [5.74, 6) is -1.99. The summed E-state index contributed by atoms with van der Waals surface area (Å²) >= 11 is 12.1. The van der Waals surface area contributed by atoms with Gasteiger partial charge in [-0.25, -0.2) is 4.79 Å². The van der Waals surface area contributed by atoms with Gasteiger partial charge in [0.15, 0.2) is 0 Å². The number of hydrogen-bond donors (Lipinski definition) is 2. The lowest BCUT2D eigenvalue weighted by molar-refractivity contribution is -0.179. The molecule has 0 spiro atoms. The van der Waals surface area contributed by atoms with E-state index in [9.17, 15) is 14.4 Å². The zero-order chi connectivity index (χ0) is 22.7. The number of para-hydroxylation sites is 2. The maximum Gasteiger partial charge on any atom is 0.333 e. The lowest BCUT2D eigenvalue weighted by atomic mass is 10.1. The van der Waals surface area contributed by atoms with Gasteiger partial charge in [-0.05, 0) is 23.8 Å². The molecular formula is C21H21Cl2NO6. The van der Waals surface area contributed by atoms with Gasteiger partial charge in [-0.15, -0.1) is 0 Å². The summed E-state index contributed by atoms with van der Waals surface area (Å²) in [5.41, 5.74) is 1.93. The van der Waals surface area contributed by atoms with E-state index in [1.807, 2.05) is 6.07 Å². The van der Waals surface area contributed by atoms with Gasteiger partial charge in [0, 0.05) is 25.6 Å². The number of hydrogen-bond acceptors (Lipinski definition) is 6. The van der Waals surface area contributed by atoms with Gasteiger partial charge in [0.25, 0.3) is 0 Å². The summed E-state index contributed by atoms with van der Waals surface area (Å²) in [4.78, 5) is 31.6. The number of esters is 2. The van der Waals surface area contributed by atoms with Crippen molar-refractivity contribution in [3.63, 3.8) is 0 Å². The molecule has 2 N–H and O–H groups in total. The number of halogens is 2. The van der Waals surface area contributed by atoms with Crippen molar-refractivity contribution in [2.75, 3.05) is 5.32 Å². The first-order valence-electron chi connectivity index (χ1n) is 8.65. The molecule has 0 aliphatic heterocycles. The first kappa shape index (κ1) is 25.0.